The van der Waals surface area contributed by atoms with Gasteiger partial charge >= 0.3 is 0 Å². The van der Waals surface area contributed by atoms with E-state index in [1.165, 1.54) is 12.1 Å². The minimum atomic E-state index is -0.865. The van der Waals surface area contributed by atoms with Gasteiger partial charge in [-0.2, -0.15) is 0 Å². The number of halogens is 3. The third-order valence-corrected chi connectivity index (χ3v) is 4.94. The Morgan fingerprint density at radius 3 is 2.80 bits per heavy atom. The topological polar surface area (TPSA) is 55.6 Å². The van der Waals surface area contributed by atoms with Gasteiger partial charge in [0.15, 0.2) is 18.2 Å². The Morgan fingerprint density at radius 2 is 2.00 bits per heavy atom. The molecule has 4 rings (SSSR count). The predicted molar refractivity (Wildman–Crippen MR) is 101 cm³/mol. The van der Waals surface area contributed by atoms with Gasteiger partial charge in [-0.1, -0.05) is 12.1 Å². The Balaban J connectivity index is 1.40. The van der Waals surface area contributed by atoms with Crippen LogP contribution in [0.1, 0.15) is 36.1 Å². The van der Waals surface area contributed by atoms with Crippen LogP contribution < -0.4 is 4.74 Å². The van der Waals surface area contributed by atoms with Gasteiger partial charge in [0, 0.05) is 19.0 Å². The predicted octanol–water partition coefficient (Wildman–Crippen LogP) is 4.43. The lowest BCUT2D eigenvalue weighted by molar-refractivity contribution is -0.134. The number of benzene rings is 2. The summed E-state index contributed by atoms with van der Waals surface area (Å²) in [6, 6.07) is 8.79. The molecule has 156 valence electrons. The summed E-state index contributed by atoms with van der Waals surface area (Å²) >= 11 is 0. The molecule has 1 saturated heterocycles. The molecule has 0 saturated carbocycles. The SMILES string of the molecule is O=C(COc1ccc(F)cc1F)N1CCCC1c1ncc(Cc2cccc(F)c2)o1. The lowest BCUT2D eigenvalue weighted by Crippen LogP contribution is -2.34. The highest BCUT2D eigenvalue weighted by Gasteiger charge is 2.33. The molecule has 0 N–H and O–H groups in total. The van der Waals surface area contributed by atoms with Crippen LogP contribution in [0, 0.1) is 17.5 Å². The average molecular weight is 416 g/mol. The second kappa shape index (κ2) is 8.61. The molecule has 0 radical (unpaired) electrons. The maximum atomic E-state index is 13.7. The van der Waals surface area contributed by atoms with Gasteiger partial charge in [0.1, 0.15) is 23.4 Å². The molecule has 1 aromatic heterocycles. The normalized spacial score (nSPS) is 16.1. The second-order valence-corrected chi connectivity index (χ2v) is 7.08. The van der Waals surface area contributed by atoms with Crippen molar-refractivity contribution in [2.75, 3.05) is 13.2 Å². The van der Waals surface area contributed by atoms with Crippen LogP contribution in [-0.4, -0.2) is 28.9 Å². The Hall–Kier alpha value is -3.29. The van der Waals surface area contributed by atoms with E-state index in [2.05, 4.69) is 4.98 Å². The summed E-state index contributed by atoms with van der Waals surface area (Å²) in [6.07, 6.45) is 3.41. The maximum absolute atomic E-state index is 13.7. The van der Waals surface area contributed by atoms with Crippen molar-refractivity contribution in [3.05, 3.63) is 83.3 Å². The van der Waals surface area contributed by atoms with E-state index in [1.54, 1.807) is 23.2 Å². The molecule has 1 aliphatic rings. The lowest BCUT2D eigenvalue weighted by Gasteiger charge is -2.22. The lowest BCUT2D eigenvalue weighted by atomic mass is 10.1. The molecule has 30 heavy (non-hydrogen) atoms. The van der Waals surface area contributed by atoms with E-state index in [1.807, 2.05) is 0 Å². The number of aromatic nitrogens is 1. The number of hydrogen-bond acceptors (Lipinski definition) is 4. The Morgan fingerprint density at radius 1 is 1.17 bits per heavy atom. The first-order valence-corrected chi connectivity index (χ1v) is 9.56. The number of carbonyl (C=O) groups excluding carboxylic acids is 1. The number of hydrogen-bond donors (Lipinski definition) is 0. The molecule has 0 bridgehead atoms. The molecule has 3 aromatic rings. The first-order valence-electron chi connectivity index (χ1n) is 9.56. The number of oxazole rings is 1. The summed E-state index contributed by atoms with van der Waals surface area (Å²) < 4.78 is 51.1. The monoisotopic (exact) mass is 416 g/mol. The molecule has 8 heteroatoms. The van der Waals surface area contributed by atoms with Crippen LogP contribution in [-0.2, 0) is 11.2 Å². The van der Waals surface area contributed by atoms with Gasteiger partial charge in [0.05, 0.1) is 6.20 Å². The van der Waals surface area contributed by atoms with Crippen molar-refractivity contribution in [3.63, 3.8) is 0 Å². The van der Waals surface area contributed by atoms with Crippen LogP contribution in [0.4, 0.5) is 13.2 Å². The van der Waals surface area contributed by atoms with Crippen LogP contribution >= 0.6 is 0 Å². The molecule has 5 nitrogen and oxygen atoms in total. The summed E-state index contributed by atoms with van der Waals surface area (Å²) in [6.45, 7) is 0.121. The maximum Gasteiger partial charge on any atom is 0.261 e. The van der Waals surface area contributed by atoms with Gasteiger partial charge in [-0.15, -0.1) is 0 Å². The molecule has 1 fully saturated rings. The van der Waals surface area contributed by atoms with Crippen LogP contribution in [0.25, 0.3) is 0 Å². The summed E-state index contributed by atoms with van der Waals surface area (Å²) in [5.74, 6) is -1.46. The quantitative estimate of drug-likeness (QED) is 0.597. The molecule has 1 atom stereocenters. The van der Waals surface area contributed by atoms with Gasteiger partial charge < -0.3 is 14.1 Å². The molecule has 1 amide bonds. The molecule has 2 aromatic carbocycles. The first kappa shape index (κ1) is 20.0. The second-order valence-electron chi connectivity index (χ2n) is 7.08. The largest absolute Gasteiger partial charge is 0.481 e. The van der Waals surface area contributed by atoms with Crippen molar-refractivity contribution >= 4 is 5.91 Å². The van der Waals surface area contributed by atoms with E-state index in [4.69, 9.17) is 9.15 Å². The fourth-order valence-corrected chi connectivity index (χ4v) is 3.54. The number of nitrogens with zero attached hydrogens (tertiary/aromatic N) is 2. The van der Waals surface area contributed by atoms with E-state index in [9.17, 15) is 18.0 Å². The van der Waals surface area contributed by atoms with E-state index in [0.717, 1.165) is 24.1 Å². The molecule has 1 aliphatic heterocycles. The molecule has 0 aliphatic carbocycles. The van der Waals surface area contributed by atoms with Crippen molar-refractivity contribution in [1.29, 1.82) is 0 Å². The van der Waals surface area contributed by atoms with E-state index < -0.39 is 11.6 Å². The third kappa shape index (κ3) is 4.48. The van der Waals surface area contributed by atoms with E-state index in [0.29, 0.717) is 37.1 Å². The molecular weight excluding hydrogens is 397 g/mol. The van der Waals surface area contributed by atoms with Gasteiger partial charge in [0.25, 0.3) is 5.91 Å². The smallest absolute Gasteiger partial charge is 0.261 e. The molecular formula is C22H19F3N2O3. The van der Waals surface area contributed by atoms with Crippen molar-refractivity contribution in [2.24, 2.45) is 0 Å². The van der Waals surface area contributed by atoms with Crippen molar-refractivity contribution in [1.82, 2.24) is 9.88 Å². The molecule has 2 heterocycles. The Kier molecular flexibility index (Phi) is 5.74. The van der Waals surface area contributed by atoms with Gasteiger partial charge in [-0.3, -0.25) is 4.79 Å². The van der Waals surface area contributed by atoms with Crippen molar-refractivity contribution in [3.8, 4) is 5.75 Å². The van der Waals surface area contributed by atoms with E-state index >= 15 is 0 Å². The zero-order valence-corrected chi connectivity index (χ0v) is 16.0. The number of rotatable bonds is 6. The standard InChI is InChI=1S/C22H19F3N2O3/c23-15-4-1-3-14(9-15)10-17-12-26-22(30-17)19-5-2-8-27(19)21(28)13-29-20-7-6-16(24)11-18(20)25/h1,3-4,6-7,9,11-12,19H,2,5,8,10,13H2. The van der Waals surface area contributed by atoms with Crippen LogP contribution in [0.5, 0.6) is 5.75 Å². The fraction of sp³-hybridized carbons (Fsp3) is 0.273. The average Bonchev–Trinajstić information content (AvgIpc) is 3.36. The number of amides is 1. The Labute approximate surface area is 171 Å². The highest BCUT2D eigenvalue weighted by Crippen LogP contribution is 2.32. The van der Waals surface area contributed by atoms with Crippen LogP contribution in [0.15, 0.2) is 53.1 Å². The highest BCUT2D eigenvalue weighted by molar-refractivity contribution is 5.78. The summed E-state index contributed by atoms with van der Waals surface area (Å²) in [4.78, 5) is 18.5. The highest BCUT2D eigenvalue weighted by atomic mass is 19.1. The Bertz CT molecular complexity index is 1050. The van der Waals surface area contributed by atoms with Gasteiger partial charge in [-0.05, 0) is 42.7 Å². The van der Waals surface area contributed by atoms with Crippen molar-refractivity contribution in [2.45, 2.75) is 25.3 Å². The number of ether oxygens (including phenoxy) is 1. The molecule has 1 unspecified atom stereocenters. The zero-order valence-electron chi connectivity index (χ0n) is 16.0. The van der Waals surface area contributed by atoms with Crippen molar-refractivity contribution < 1.29 is 27.1 Å². The van der Waals surface area contributed by atoms with E-state index in [-0.39, 0.29) is 30.1 Å². The first-order chi connectivity index (χ1) is 14.5. The van der Waals surface area contributed by atoms with Gasteiger partial charge in [-0.25, -0.2) is 18.2 Å². The summed E-state index contributed by atoms with van der Waals surface area (Å²) in [5, 5.41) is 0. The van der Waals surface area contributed by atoms with Gasteiger partial charge in [0.2, 0.25) is 5.89 Å². The van der Waals surface area contributed by atoms with Crippen LogP contribution in [0.3, 0.4) is 0 Å². The minimum absolute atomic E-state index is 0.186. The number of carbonyl (C=O) groups is 1. The third-order valence-electron chi connectivity index (χ3n) is 4.94. The summed E-state index contributed by atoms with van der Waals surface area (Å²) in [7, 11) is 0. The summed E-state index contributed by atoms with van der Waals surface area (Å²) in [5.41, 5.74) is 0.756. The minimum Gasteiger partial charge on any atom is -0.481 e. The number of likely N-dealkylation sites (tertiary alicyclic amines) is 1. The molecule has 0 spiro atoms. The van der Waals surface area contributed by atoms with Crippen LogP contribution in [0.2, 0.25) is 0 Å². The fourth-order valence-electron chi connectivity index (χ4n) is 3.54. The zero-order chi connectivity index (χ0) is 21.1.